The van der Waals surface area contributed by atoms with Crippen molar-refractivity contribution in [2.45, 2.75) is 19.3 Å². The molecule has 3 nitrogen and oxygen atoms in total. The molecule has 4 heteroatoms. The number of furan rings is 1. The first-order chi connectivity index (χ1) is 7.43. The van der Waals surface area contributed by atoms with E-state index in [1.165, 1.54) is 32.0 Å². The van der Waals surface area contributed by atoms with E-state index in [-0.39, 0.29) is 5.76 Å². The Labute approximate surface area is 91.5 Å². The number of benzene rings is 1. The molecule has 0 aliphatic heterocycles. The van der Waals surface area contributed by atoms with Crippen LogP contribution in [0.15, 0.2) is 28.7 Å². The van der Waals surface area contributed by atoms with Crippen LogP contribution < -0.4 is 0 Å². The third-order valence-corrected chi connectivity index (χ3v) is 2.66. The molecule has 1 aromatic heterocycles. The normalized spacial score (nSPS) is 11.9. The number of carboxylic acids is 1. The molecule has 1 aromatic carbocycles. The molecule has 0 atom stereocenters. The standard InChI is InChI=1S/C12H11FO3/c1-12(2,11(14)15)10-6-7-8(13)4-3-5-9(7)16-10/h3-6H,1-2H3,(H,14,15). The lowest BCUT2D eigenvalue weighted by molar-refractivity contribution is -0.143. The van der Waals surface area contributed by atoms with Crippen LogP contribution in [-0.2, 0) is 10.2 Å². The van der Waals surface area contributed by atoms with E-state index in [4.69, 9.17) is 9.52 Å². The minimum absolute atomic E-state index is 0.250. The van der Waals surface area contributed by atoms with Crippen molar-refractivity contribution in [2.75, 3.05) is 0 Å². The summed E-state index contributed by atoms with van der Waals surface area (Å²) in [6.07, 6.45) is 0. The van der Waals surface area contributed by atoms with E-state index >= 15 is 0 Å². The average Bonchev–Trinajstić information content (AvgIpc) is 2.63. The molecule has 0 amide bonds. The first kappa shape index (κ1) is 10.7. The van der Waals surface area contributed by atoms with Gasteiger partial charge in [-0.05, 0) is 32.0 Å². The molecule has 0 aliphatic rings. The lowest BCUT2D eigenvalue weighted by Gasteiger charge is -2.15. The van der Waals surface area contributed by atoms with Gasteiger partial charge in [0.25, 0.3) is 0 Å². The van der Waals surface area contributed by atoms with E-state index in [0.29, 0.717) is 11.0 Å². The maximum absolute atomic E-state index is 13.4. The zero-order chi connectivity index (χ0) is 11.9. The van der Waals surface area contributed by atoms with Crippen molar-refractivity contribution in [2.24, 2.45) is 0 Å². The predicted molar refractivity (Wildman–Crippen MR) is 56.8 cm³/mol. The van der Waals surface area contributed by atoms with E-state index in [1.807, 2.05) is 0 Å². The molecule has 0 spiro atoms. The molecule has 0 bridgehead atoms. The fourth-order valence-electron chi connectivity index (χ4n) is 1.44. The van der Waals surface area contributed by atoms with Crippen molar-refractivity contribution < 1.29 is 18.7 Å². The molecule has 84 valence electrons. The minimum Gasteiger partial charge on any atom is -0.481 e. The van der Waals surface area contributed by atoms with Crippen LogP contribution in [0, 0.1) is 5.82 Å². The Hall–Kier alpha value is -1.84. The van der Waals surface area contributed by atoms with Crippen LogP contribution >= 0.6 is 0 Å². The monoisotopic (exact) mass is 222 g/mol. The number of carbonyl (C=O) groups is 1. The van der Waals surface area contributed by atoms with Gasteiger partial charge in [-0.15, -0.1) is 0 Å². The van der Waals surface area contributed by atoms with Crippen LogP contribution in [0.25, 0.3) is 11.0 Å². The van der Waals surface area contributed by atoms with Crippen molar-refractivity contribution >= 4 is 16.9 Å². The molecular weight excluding hydrogens is 211 g/mol. The third-order valence-electron chi connectivity index (χ3n) is 2.66. The van der Waals surface area contributed by atoms with Gasteiger partial charge in [0, 0.05) is 0 Å². The Bertz CT molecular complexity index is 554. The minimum atomic E-state index is -1.16. The number of rotatable bonds is 2. The molecule has 16 heavy (non-hydrogen) atoms. The predicted octanol–water partition coefficient (Wildman–Crippen LogP) is 2.93. The number of hydrogen-bond acceptors (Lipinski definition) is 2. The van der Waals surface area contributed by atoms with Crippen LogP contribution in [0.5, 0.6) is 0 Å². The smallest absolute Gasteiger partial charge is 0.316 e. The molecule has 0 aliphatic carbocycles. The SMILES string of the molecule is CC(C)(C(=O)O)c1cc2c(F)cccc2o1. The maximum atomic E-state index is 13.4. The van der Waals surface area contributed by atoms with Gasteiger partial charge in [-0.3, -0.25) is 4.79 Å². The van der Waals surface area contributed by atoms with Gasteiger partial charge in [-0.25, -0.2) is 4.39 Å². The summed E-state index contributed by atoms with van der Waals surface area (Å²) in [5.41, 5.74) is -0.796. The Kier molecular flexibility index (Phi) is 2.22. The third kappa shape index (κ3) is 1.46. The van der Waals surface area contributed by atoms with Crippen LogP contribution in [-0.4, -0.2) is 11.1 Å². The highest BCUT2D eigenvalue weighted by atomic mass is 19.1. The molecular formula is C12H11FO3. The topological polar surface area (TPSA) is 50.4 Å². The van der Waals surface area contributed by atoms with Gasteiger partial charge in [0.15, 0.2) is 0 Å². The molecule has 2 aromatic rings. The summed E-state index contributed by atoms with van der Waals surface area (Å²) in [6.45, 7) is 3.04. The molecule has 0 fully saturated rings. The van der Waals surface area contributed by atoms with Crippen molar-refractivity contribution in [1.82, 2.24) is 0 Å². The Morgan fingerprint density at radius 2 is 2.12 bits per heavy atom. The molecule has 1 N–H and O–H groups in total. The number of aliphatic carboxylic acids is 1. The van der Waals surface area contributed by atoms with Crippen molar-refractivity contribution in [3.05, 3.63) is 35.8 Å². The highest BCUT2D eigenvalue weighted by Gasteiger charge is 2.33. The summed E-state index contributed by atoms with van der Waals surface area (Å²) >= 11 is 0. The second-order valence-electron chi connectivity index (χ2n) is 4.19. The lowest BCUT2D eigenvalue weighted by atomic mass is 9.90. The zero-order valence-electron chi connectivity index (χ0n) is 8.95. The van der Waals surface area contributed by atoms with Crippen molar-refractivity contribution in [3.63, 3.8) is 0 Å². The highest BCUT2D eigenvalue weighted by molar-refractivity contribution is 5.84. The molecule has 0 unspecified atom stereocenters. The van der Waals surface area contributed by atoms with Crippen molar-refractivity contribution in [3.8, 4) is 0 Å². The van der Waals surface area contributed by atoms with Crippen molar-refractivity contribution in [1.29, 1.82) is 0 Å². The lowest BCUT2D eigenvalue weighted by Crippen LogP contribution is -2.27. The van der Waals surface area contributed by atoms with E-state index < -0.39 is 17.2 Å². The average molecular weight is 222 g/mol. The Morgan fingerprint density at radius 1 is 1.44 bits per heavy atom. The molecule has 2 rings (SSSR count). The number of halogens is 1. The van der Waals surface area contributed by atoms with Gasteiger partial charge in [-0.2, -0.15) is 0 Å². The summed E-state index contributed by atoms with van der Waals surface area (Å²) in [7, 11) is 0. The first-order valence-corrected chi connectivity index (χ1v) is 4.85. The number of carboxylic acid groups (broad SMARTS) is 1. The van der Waals surface area contributed by atoms with E-state index in [0.717, 1.165) is 0 Å². The number of fused-ring (bicyclic) bond motifs is 1. The Balaban J connectivity index is 2.64. The second kappa shape index (κ2) is 3.33. The van der Waals surface area contributed by atoms with Crippen LogP contribution in [0.4, 0.5) is 4.39 Å². The fraction of sp³-hybridized carbons (Fsp3) is 0.250. The van der Waals surface area contributed by atoms with Gasteiger partial charge in [0.2, 0.25) is 0 Å². The second-order valence-corrected chi connectivity index (χ2v) is 4.19. The quantitative estimate of drug-likeness (QED) is 0.849. The van der Waals surface area contributed by atoms with Crippen LogP contribution in [0.3, 0.4) is 0 Å². The summed E-state index contributed by atoms with van der Waals surface area (Å²) in [5, 5.41) is 9.35. The van der Waals surface area contributed by atoms with E-state index in [9.17, 15) is 9.18 Å². The van der Waals surface area contributed by atoms with Gasteiger partial charge in [0.05, 0.1) is 5.39 Å². The largest absolute Gasteiger partial charge is 0.481 e. The molecule has 0 saturated heterocycles. The Morgan fingerprint density at radius 3 is 2.69 bits per heavy atom. The van der Waals surface area contributed by atoms with Gasteiger partial charge < -0.3 is 9.52 Å². The van der Waals surface area contributed by atoms with E-state index in [2.05, 4.69) is 0 Å². The van der Waals surface area contributed by atoms with Gasteiger partial charge >= 0.3 is 5.97 Å². The van der Waals surface area contributed by atoms with Crippen LogP contribution in [0.1, 0.15) is 19.6 Å². The van der Waals surface area contributed by atoms with Gasteiger partial charge in [0.1, 0.15) is 22.6 Å². The zero-order valence-corrected chi connectivity index (χ0v) is 8.95. The molecule has 1 heterocycles. The van der Waals surface area contributed by atoms with Gasteiger partial charge in [-0.1, -0.05) is 6.07 Å². The summed E-state index contributed by atoms with van der Waals surface area (Å²) in [5.74, 6) is -1.17. The van der Waals surface area contributed by atoms with E-state index in [1.54, 1.807) is 6.07 Å². The number of hydrogen-bond donors (Lipinski definition) is 1. The fourth-order valence-corrected chi connectivity index (χ4v) is 1.44. The summed E-state index contributed by atoms with van der Waals surface area (Å²) < 4.78 is 18.7. The summed E-state index contributed by atoms with van der Waals surface area (Å²) in [4.78, 5) is 11.0. The highest BCUT2D eigenvalue weighted by Crippen LogP contribution is 2.30. The summed E-state index contributed by atoms with van der Waals surface area (Å²) in [6, 6.07) is 5.90. The van der Waals surface area contributed by atoms with Crippen LogP contribution in [0.2, 0.25) is 0 Å². The molecule has 0 radical (unpaired) electrons. The first-order valence-electron chi connectivity index (χ1n) is 4.85. The maximum Gasteiger partial charge on any atom is 0.316 e. The molecule has 0 saturated carbocycles.